The molecule has 21 heavy (non-hydrogen) atoms. The zero-order valence-corrected chi connectivity index (χ0v) is 11.7. The van der Waals surface area contributed by atoms with Gasteiger partial charge in [-0.05, 0) is 29.8 Å². The molecular weight excluding hydrogens is 288 g/mol. The largest absolute Gasteiger partial charge is 0.508 e. The van der Waals surface area contributed by atoms with Gasteiger partial charge in [-0.15, -0.1) is 0 Å². The number of phenolic OH excluding ortho intramolecular Hbond substituents is 2. The molecule has 3 aromatic rings. The summed E-state index contributed by atoms with van der Waals surface area (Å²) in [5, 5.41) is 21.5. The van der Waals surface area contributed by atoms with Gasteiger partial charge in [0.1, 0.15) is 23.9 Å². The maximum Gasteiger partial charge on any atom is 0.135 e. The number of rotatable bonds is 0. The van der Waals surface area contributed by atoms with Crippen LogP contribution in [-0.4, -0.2) is 10.2 Å². The third-order valence-electron chi connectivity index (χ3n) is 3.79. The second-order valence-corrected chi connectivity index (χ2v) is 5.47. The summed E-state index contributed by atoms with van der Waals surface area (Å²) in [7, 11) is 0. The smallest absolute Gasteiger partial charge is 0.135 e. The van der Waals surface area contributed by atoms with Crippen molar-refractivity contribution < 1.29 is 14.9 Å². The fourth-order valence-corrected chi connectivity index (χ4v) is 3.17. The predicted molar refractivity (Wildman–Crippen MR) is 82.1 cm³/mol. The summed E-state index contributed by atoms with van der Waals surface area (Å²) in [6.07, 6.45) is 0. The second kappa shape index (κ2) is 4.30. The molecule has 4 heteroatoms. The molecule has 1 heterocycles. The first-order valence-corrected chi connectivity index (χ1v) is 6.92. The first kappa shape index (κ1) is 12.4. The molecule has 3 nitrogen and oxygen atoms in total. The fourth-order valence-electron chi connectivity index (χ4n) is 2.86. The van der Waals surface area contributed by atoms with Crippen LogP contribution in [0.5, 0.6) is 17.2 Å². The number of benzene rings is 3. The topological polar surface area (TPSA) is 49.7 Å². The highest BCUT2D eigenvalue weighted by atomic mass is 35.5. The number of ether oxygens (including phenoxy) is 1. The summed E-state index contributed by atoms with van der Waals surface area (Å²) < 4.78 is 5.85. The lowest BCUT2D eigenvalue weighted by Gasteiger charge is -2.23. The molecule has 0 aliphatic carbocycles. The van der Waals surface area contributed by atoms with Crippen LogP contribution in [0.2, 0.25) is 5.02 Å². The van der Waals surface area contributed by atoms with E-state index in [2.05, 4.69) is 0 Å². The molecule has 1 aliphatic rings. The maximum atomic E-state index is 10.0. The van der Waals surface area contributed by atoms with Crippen LogP contribution in [0.3, 0.4) is 0 Å². The average Bonchev–Trinajstić information content (AvgIpc) is 2.46. The highest BCUT2D eigenvalue weighted by Crippen LogP contribution is 2.47. The van der Waals surface area contributed by atoms with Crippen molar-refractivity contribution in [2.75, 3.05) is 0 Å². The van der Waals surface area contributed by atoms with Crippen LogP contribution in [-0.2, 0) is 6.61 Å². The molecule has 0 saturated carbocycles. The summed E-state index contributed by atoms with van der Waals surface area (Å²) in [6.45, 7) is 0.378. The van der Waals surface area contributed by atoms with Crippen LogP contribution >= 0.6 is 11.6 Å². The third kappa shape index (κ3) is 1.74. The van der Waals surface area contributed by atoms with Gasteiger partial charge < -0.3 is 14.9 Å². The molecule has 0 bridgehead atoms. The van der Waals surface area contributed by atoms with E-state index in [-0.39, 0.29) is 11.5 Å². The highest BCUT2D eigenvalue weighted by Gasteiger charge is 2.22. The van der Waals surface area contributed by atoms with Crippen molar-refractivity contribution >= 4 is 22.4 Å². The van der Waals surface area contributed by atoms with Gasteiger partial charge in [-0.1, -0.05) is 29.8 Å². The molecule has 0 unspecified atom stereocenters. The molecular formula is C17H11ClO3. The zero-order chi connectivity index (χ0) is 14.6. The molecule has 1 aliphatic heterocycles. The van der Waals surface area contributed by atoms with E-state index in [0.29, 0.717) is 22.8 Å². The molecule has 0 saturated heterocycles. The van der Waals surface area contributed by atoms with E-state index in [9.17, 15) is 10.2 Å². The Balaban J connectivity index is 2.10. The molecule has 0 spiro atoms. The van der Waals surface area contributed by atoms with Crippen LogP contribution in [0.1, 0.15) is 5.56 Å². The Morgan fingerprint density at radius 1 is 1.00 bits per heavy atom. The standard InChI is InChI=1S/C17H11ClO3/c18-14-7-13-11-5-4-10(19)6-9(11)8-21-17(13)12-2-1-3-15(20)16(12)14/h1-7,19-20H,8H2. The normalized spacial score (nSPS) is 12.6. The van der Waals surface area contributed by atoms with Crippen molar-refractivity contribution in [3.8, 4) is 28.4 Å². The van der Waals surface area contributed by atoms with Crippen molar-refractivity contribution in [3.63, 3.8) is 0 Å². The van der Waals surface area contributed by atoms with E-state index in [1.165, 1.54) is 0 Å². The van der Waals surface area contributed by atoms with Gasteiger partial charge in [-0.2, -0.15) is 0 Å². The van der Waals surface area contributed by atoms with Crippen molar-refractivity contribution in [1.82, 2.24) is 0 Å². The first-order valence-electron chi connectivity index (χ1n) is 6.54. The Kier molecular flexibility index (Phi) is 2.53. The number of hydrogen-bond acceptors (Lipinski definition) is 3. The van der Waals surface area contributed by atoms with Crippen molar-refractivity contribution in [3.05, 3.63) is 53.1 Å². The molecule has 4 rings (SSSR count). The van der Waals surface area contributed by atoms with E-state index in [0.717, 1.165) is 22.1 Å². The summed E-state index contributed by atoms with van der Waals surface area (Å²) in [6, 6.07) is 12.3. The highest BCUT2D eigenvalue weighted by molar-refractivity contribution is 6.37. The summed E-state index contributed by atoms with van der Waals surface area (Å²) in [5.74, 6) is 1.06. The van der Waals surface area contributed by atoms with Crippen molar-refractivity contribution in [2.24, 2.45) is 0 Å². The van der Waals surface area contributed by atoms with E-state index in [4.69, 9.17) is 16.3 Å². The lowest BCUT2D eigenvalue weighted by atomic mass is 9.93. The minimum Gasteiger partial charge on any atom is -0.508 e. The predicted octanol–water partition coefficient (Wildman–Crippen LogP) is 4.46. The Morgan fingerprint density at radius 3 is 2.71 bits per heavy atom. The molecule has 0 radical (unpaired) electrons. The number of fused-ring (bicyclic) bond motifs is 5. The van der Waals surface area contributed by atoms with Crippen molar-refractivity contribution in [1.29, 1.82) is 0 Å². The molecule has 104 valence electrons. The van der Waals surface area contributed by atoms with Crippen LogP contribution < -0.4 is 4.74 Å². The Morgan fingerprint density at radius 2 is 1.86 bits per heavy atom. The van der Waals surface area contributed by atoms with Gasteiger partial charge in [-0.25, -0.2) is 0 Å². The van der Waals surface area contributed by atoms with Gasteiger partial charge in [-0.3, -0.25) is 0 Å². The minimum atomic E-state index is 0.139. The average molecular weight is 299 g/mol. The Hall–Kier alpha value is -2.39. The van der Waals surface area contributed by atoms with Gasteiger partial charge in [0.15, 0.2) is 0 Å². The van der Waals surface area contributed by atoms with Gasteiger partial charge in [0, 0.05) is 21.9 Å². The van der Waals surface area contributed by atoms with E-state index < -0.39 is 0 Å². The van der Waals surface area contributed by atoms with Gasteiger partial charge in [0.05, 0.1) is 5.02 Å². The summed E-state index contributed by atoms with van der Waals surface area (Å²) in [4.78, 5) is 0. The second-order valence-electron chi connectivity index (χ2n) is 5.06. The fraction of sp³-hybridized carbons (Fsp3) is 0.0588. The third-order valence-corrected chi connectivity index (χ3v) is 4.09. The minimum absolute atomic E-state index is 0.139. The van der Waals surface area contributed by atoms with E-state index in [1.807, 2.05) is 12.1 Å². The SMILES string of the molecule is Oc1ccc2c(c1)COc1c-2cc(Cl)c2c(O)cccc12. The molecule has 0 aromatic heterocycles. The van der Waals surface area contributed by atoms with Gasteiger partial charge >= 0.3 is 0 Å². The van der Waals surface area contributed by atoms with E-state index in [1.54, 1.807) is 30.3 Å². The molecule has 0 amide bonds. The number of phenols is 2. The lowest BCUT2D eigenvalue weighted by molar-refractivity contribution is 0.305. The monoisotopic (exact) mass is 298 g/mol. The summed E-state index contributed by atoms with van der Waals surface area (Å²) in [5.41, 5.74) is 2.78. The van der Waals surface area contributed by atoms with Gasteiger partial charge in [0.25, 0.3) is 0 Å². The van der Waals surface area contributed by atoms with Crippen molar-refractivity contribution in [2.45, 2.75) is 6.61 Å². The zero-order valence-electron chi connectivity index (χ0n) is 10.9. The maximum absolute atomic E-state index is 10.0. The molecule has 0 atom stereocenters. The van der Waals surface area contributed by atoms with Crippen LogP contribution in [0, 0.1) is 0 Å². The molecule has 0 fully saturated rings. The number of aromatic hydroxyl groups is 2. The van der Waals surface area contributed by atoms with Crippen LogP contribution in [0.15, 0.2) is 42.5 Å². The molecule has 3 aromatic carbocycles. The first-order chi connectivity index (χ1) is 10.1. The Bertz CT molecular complexity index is 887. The number of hydrogen-bond donors (Lipinski definition) is 2. The van der Waals surface area contributed by atoms with Gasteiger partial charge in [0.2, 0.25) is 0 Å². The Labute approximate surface area is 126 Å². The van der Waals surface area contributed by atoms with Crippen LogP contribution in [0.4, 0.5) is 0 Å². The number of halogens is 1. The lowest BCUT2D eigenvalue weighted by Crippen LogP contribution is -2.06. The van der Waals surface area contributed by atoms with E-state index >= 15 is 0 Å². The molecule has 2 N–H and O–H groups in total. The van der Waals surface area contributed by atoms with Crippen LogP contribution in [0.25, 0.3) is 21.9 Å². The summed E-state index contributed by atoms with van der Waals surface area (Å²) >= 11 is 6.33. The quantitative estimate of drug-likeness (QED) is 0.644.